The zero-order valence-electron chi connectivity index (χ0n) is 32.4. The predicted octanol–water partition coefficient (Wildman–Crippen LogP) is 16.2. The molecule has 0 aliphatic heterocycles. The summed E-state index contributed by atoms with van der Waals surface area (Å²) in [6.07, 6.45) is 0. The number of benzene rings is 11. The van der Waals surface area contributed by atoms with Gasteiger partial charge in [-0.1, -0.05) is 18.2 Å². The van der Waals surface area contributed by atoms with Crippen LogP contribution in [0.15, 0.2) is 211 Å². The molecule has 2 heterocycles. The molecule has 0 amide bonds. The van der Waals surface area contributed by atoms with Crippen molar-refractivity contribution < 1.29 is 4.42 Å². The second-order valence-electron chi connectivity index (χ2n) is 15.9. The Balaban J connectivity index is 1.04. The first-order valence-electron chi connectivity index (χ1n) is 20.6. The summed E-state index contributed by atoms with van der Waals surface area (Å²) in [7, 11) is 0. The molecule has 2 heteroatoms. The van der Waals surface area contributed by atoms with Crippen LogP contribution in [0.4, 0.5) is 0 Å². The number of furan rings is 1. The van der Waals surface area contributed by atoms with E-state index in [-0.39, 0.29) is 14.5 Å². The van der Waals surface area contributed by atoms with Crippen molar-refractivity contribution in [3.8, 4) is 44.5 Å². The van der Waals surface area contributed by atoms with Gasteiger partial charge < -0.3 is 4.42 Å². The molecular weight excluding hydrogens is 792 g/mol. The Morgan fingerprint density at radius 2 is 0.700 bits per heavy atom. The van der Waals surface area contributed by atoms with Crippen LogP contribution in [0.2, 0.25) is 0 Å². The van der Waals surface area contributed by atoms with Crippen molar-refractivity contribution in [2.75, 3.05) is 0 Å². The number of fused-ring (bicyclic) bond motifs is 10. The minimum absolute atomic E-state index is 0.143. The number of hydrogen-bond acceptors (Lipinski definition) is 1. The fraction of sp³-hybridized carbons (Fsp3) is 0. The van der Waals surface area contributed by atoms with Gasteiger partial charge in [0, 0.05) is 0 Å². The van der Waals surface area contributed by atoms with E-state index in [0.29, 0.717) is 0 Å². The summed E-state index contributed by atoms with van der Waals surface area (Å²) in [6, 6.07) is 76.2. The average molecular weight is 826 g/mol. The number of para-hydroxylation sites is 1. The maximum absolute atomic E-state index is 6.25. The van der Waals surface area contributed by atoms with Crippen LogP contribution in [0.5, 0.6) is 0 Å². The van der Waals surface area contributed by atoms with Crippen LogP contribution in [-0.2, 0) is 0 Å². The van der Waals surface area contributed by atoms with Gasteiger partial charge in [0.15, 0.2) is 0 Å². The van der Waals surface area contributed by atoms with E-state index in [1.807, 2.05) is 6.07 Å². The zero-order valence-corrected chi connectivity index (χ0v) is 34.2. The van der Waals surface area contributed by atoms with Gasteiger partial charge in [0.2, 0.25) is 0 Å². The molecule has 13 aromatic rings. The molecule has 0 spiro atoms. The van der Waals surface area contributed by atoms with E-state index in [0.717, 1.165) is 21.9 Å². The van der Waals surface area contributed by atoms with Crippen LogP contribution in [0, 0.1) is 0 Å². The average Bonchev–Trinajstić information content (AvgIpc) is 3.88. The fourth-order valence-electron chi connectivity index (χ4n) is 10.1. The molecule has 13 rings (SSSR count). The molecular formula is C58H34OSe. The first-order valence-corrected chi connectivity index (χ1v) is 22.3. The van der Waals surface area contributed by atoms with E-state index in [1.165, 1.54) is 107 Å². The first kappa shape index (κ1) is 33.7. The molecule has 0 saturated carbocycles. The van der Waals surface area contributed by atoms with Crippen molar-refractivity contribution in [1.82, 2.24) is 0 Å². The second-order valence-corrected chi connectivity index (χ2v) is 18.1. The van der Waals surface area contributed by atoms with Crippen molar-refractivity contribution in [1.29, 1.82) is 0 Å². The van der Waals surface area contributed by atoms with Crippen LogP contribution in [0.1, 0.15) is 0 Å². The Kier molecular flexibility index (Phi) is 7.39. The van der Waals surface area contributed by atoms with Gasteiger partial charge in [0.1, 0.15) is 5.58 Å². The molecule has 0 saturated heterocycles. The first-order chi connectivity index (χ1) is 29.8. The molecule has 0 aliphatic rings. The quantitative estimate of drug-likeness (QED) is 0.127. The Morgan fingerprint density at radius 1 is 0.267 bits per heavy atom. The van der Waals surface area contributed by atoms with E-state index in [4.69, 9.17) is 4.42 Å². The van der Waals surface area contributed by atoms with E-state index in [9.17, 15) is 0 Å². The molecule has 0 atom stereocenters. The summed E-state index contributed by atoms with van der Waals surface area (Å²) in [5.74, 6) is 0. The Labute approximate surface area is 352 Å². The monoisotopic (exact) mass is 826 g/mol. The number of rotatable bonds is 4. The van der Waals surface area contributed by atoms with Crippen LogP contribution < -0.4 is 0 Å². The normalized spacial score (nSPS) is 12.0. The van der Waals surface area contributed by atoms with Gasteiger partial charge in [-0.05, 0) is 6.07 Å². The SMILES string of the molecule is c1ccc(-c2c3ccccc3c(-c3cccc4c3[se]c3ccc(-c5c6ccccc6c(-c6ccc7oc8ccccc8c7c6)c6ccccc56)cc34)c3ccccc23)cc1. The Bertz CT molecular complexity index is 3770. The molecule has 60 heavy (non-hydrogen) atoms. The van der Waals surface area contributed by atoms with Crippen molar-refractivity contribution in [2.24, 2.45) is 0 Å². The van der Waals surface area contributed by atoms with Gasteiger partial charge >= 0.3 is 320 Å². The molecule has 278 valence electrons. The summed E-state index contributed by atoms with van der Waals surface area (Å²) in [6.45, 7) is 0. The van der Waals surface area contributed by atoms with Crippen molar-refractivity contribution in [2.45, 2.75) is 0 Å². The minimum atomic E-state index is 0.143. The van der Waals surface area contributed by atoms with E-state index < -0.39 is 0 Å². The van der Waals surface area contributed by atoms with E-state index in [1.54, 1.807) is 0 Å². The van der Waals surface area contributed by atoms with Crippen molar-refractivity contribution in [3.63, 3.8) is 0 Å². The van der Waals surface area contributed by atoms with Gasteiger partial charge in [0.25, 0.3) is 0 Å². The Morgan fingerprint density at radius 3 is 1.28 bits per heavy atom. The van der Waals surface area contributed by atoms with Gasteiger partial charge in [0.05, 0.1) is 0 Å². The molecule has 0 N–H and O–H groups in total. The van der Waals surface area contributed by atoms with Gasteiger partial charge in [-0.3, -0.25) is 0 Å². The Hall–Kier alpha value is -7.22. The van der Waals surface area contributed by atoms with Gasteiger partial charge in [-0.2, -0.15) is 0 Å². The third kappa shape index (κ3) is 4.93. The number of hydrogen-bond donors (Lipinski definition) is 0. The zero-order chi connectivity index (χ0) is 39.3. The molecule has 2 aromatic heterocycles. The third-order valence-corrected chi connectivity index (χ3v) is 15.2. The molecule has 1 nitrogen and oxygen atoms in total. The molecule has 11 aromatic carbocycles. The summed E-state index contributed by atoms with van der Waals surface area (Å²) < 4.78 is 9.15. The molecule has 0 aliphatic carbocycles. The van der Waals surface area contributed by atoms with Crippen LogP contribution in [0.3, 0.4) is 0 Å². The fourth-order valence-corrected chi connectivity index (χ4v) is 12.6. The van der Waals surface area contributed by atoms with Crippen molar-refractivity contribution in [3.05, 3.63) is 206 Å². The molecule has 0 radical (unpaired) electrons. The summed E-state index contributed by atoms with van der Waals surface area (Å²) in [5, 5.41) is 15.2. The van der Waals surface area contributed by atoms with Crippen LogP contribution in [0.25, 0.3) is 129 Å². The molecule has 0 bridgehead atoms. The maximum atomic E-state index is 6.25. The summed E-state index contributed by atoms with van der Waals surface area (Å²) in [4.78, 5) is 0. The van der Waals surface area contributed by atoms with E-state index >= 15 is 0 Å². The van der Waals surface area contributed by atoms with E-state index in [2.05, 4.69) is 200 Å². The molecule has 0 fully saturated rings. The standard InChI is InChI=1S/C58H34OSe/c1-2-15-35(16-3-1)54-43-22-8-10-24-45(43)57(46-25-11-9-23-44(46)54)48-27-14-26-47-50-34-37(30-32-53(50)60-58(47)48)56-41-20-6-4-18-39(41)55(40-19-5-7-21-42(40)56)36-29-31-52-49(33-36)38-17-12-13-28-51(38)59-52/h1-34H. The van der Waals surface area contributed by atoms with Gasteiger partial charge in [-0.15, -0.1) is 0 Å². The van der Waals surface area contributed by atoms with Crippen LogP contribution in [-0.4, -0.2) is 14.5 Å². The summed E-state index contributed by atoms with van der Waals surface area (Å²) >= 11 is 0.143. The van der Waals surface area contributed by atoms with Crippen LogP contribution >= 0.6 is 0 Å². The second kappa shape index (κ2) is 13.1. The van der Waals surface area contributed by atoms with Crippen molar-refractivity contribution >= 4 is 98.8 Å². The van der Waals surface area contributed by atoms with Gasteiger partial charge in [-0.25, -0.2) is 0 Å². The topological polar surface area (TPSA) is 13.1 Å². The summed E-state index contributed by atoms with van der Waals surface area (Å²) in [5.41, 5.74) is 12.1. The third-order valence-electron chi connectivity index (χ3n) is 12.6. The molecule has 0 unspecified atom stereocenters. The predicted molar refractivity (Wildman–Crippen MR) is 257 cm³/mol.